The number of rotatable bonds is 7. The normalized spacial score (nSPS) is 24.6. The van der Waals surface area contributed by atoms with Crippen molar-refractivity contribution in [3.63, 3.8) is 0 Å². The van der Waals surface area contributed by atoms with Crippen LogP contribution in [0.2, 0.25) is 0 Å². The van der Waals surface area contributed by atoms with Crippen LogP contribution in [-0.4, -0.2) is 63.7 Å². The van der Waals surface area contributed by atoms with Gasteiger partial charge in [-0.05, 0) is 17.7 Å². The number of hydrogen-bond acceptors (Lipinski definition) is 7. The highest BCUT2D eigenvalue weighted by Crippen LogP contribution is 2.38. The summed E-state index contributed by atoms with van der Waals surface area (Å²) < 4.78 is 11.7. The van der Waals surface area contributed by atoms with Crippen molar-refractivity contribution in [3.8, 4) is 0 Å². The van der Waals surface area contributed by atoms with E-state index in [-0.39, 0.29) is 41.5 Å². The number of amides is 1. The molecule has 184 valence electrons. The maximum absolute atomic E-state index is 13.5. The van der Waals surface area contributed by atoms with Crippen LogP contribution in [0, 0.1) is 5.92 Å². The van der Waals surface area contributed by atoms with Crippen LogP contribution >= 0.6 is 0 Å². The van der Waals surface area contributed by atoms with Crippen LogP contribution in [0.1, 0.15) is 24.0 Å². The molecule has 0 saturated carbocycles. The molecule has 2 aromatic heterocycles. The smallest absolute Gasteiger partial charge is 0.348 e. The second-order valence-corrected chi connectivity index (χ2v) is 9.14. The minimum atomic E-state index is -1.98. The predicted molar refractivity (Wildman–Crippen MR) is 121 cm³/mol. The molecule has 5 heterocycles. The fourth-order valence-electron chi connectivity index (χ4n) is 5.20. The summed E-state index contributed by atoms with van der Waals surface area (Å²) in [6.45, 7) is 2.50. The van der Waals surface area contributed by atoms with Gasteiger partial charge in [0.25, 0.3) is 5.91 Å². The third-order valence-electron chi connectivity index (χ3n) is 7.05. The van der Waals surface area contributed by atoms with Crippen molar-refractivity contribution >= 4 is 17.7 Å². The van der Waals surface area contributed by atoms with Gasteiger partial charge in [-0.3, -0.25) is 4.79 Å². The molecule has 1 aromatic carbocycles. The summed E-state index contributed by atoms with van der Waals surface area (Å²) >= 11 is 0. The van der Waals surface area contributed by atoms with Crippen LogP contribution in [0.5, 0.6) is 0 Å². The Hall–Kier alpha value is -3.08. The van der Waals surface area contributed by atoms with Crippen LogP contribution in [0.4, 0.5) is 5.82 Å². The number of ether oxygens (including phenoxy) is 1. The number of benzene rings is 1. The largest absolute Gasteiger partial charge is 1.00 e. The van der Waals surface area contributed by atoms with Crippen LogP contribution in [-0.2, 0) is 19.9 Å². The van der Waals surface area contributed by atoms with Gasteiger partial charge in [0.05, 0.1) is 25.6 Å². The average molecular weight is 543 g/mol. The summed E-state index contributed by atoms with van der Waals surface area (Å²) in [5.41, 5.74) is -1.25. The van der Waals surface area contributed by atoms with Gasteiger partial charge >= 0.3 is 5.97 Å². The summed E-state index contributed by atoms with van der Waals surface area (Å²) in [7, 11) is 0. The van der Waals surface area contributed by atoms with Gasteiger partial charge in [0.1, 0.15) is 18.7 Å². The van der Waals surface area contributed by atoms with E-state index in [2.05, 4.69) is 15.3 Å². The molecule has 3 aliphatic heterocycles. The number of aliphatic hydroxyl groups is 1. The Morgan fingerprint density at radius 1 is 1.14 bits per heavy atom. The average Bonchev–Trinajstić information content (AvgIpc) is 3.40. The molecule has 3 aliphatic rings. The van der Waals surface area contributed by atoms with Crippen molar-refractivity contribution in [1.29, 1.82) is 0 Å². The van der Waals surface area contributed by atoms with Crippen molar-refractivity contribution in [2.75, 3.05) is 31.5 Å². The second kappa shape index (κ2) is 10.3. The van der Waals surface area contributed by atoms with Crippen LogP contribution in [0.3, 0.4) is 0 Å². The highest BCUT2D eigenvalue weighted by atomic mass is 79.9. The molecule has 2 N–H and O–H groups in total. The first-order valence-electron chi connectivity index (χ1n) is 11.4. The number of nitrogens with one attached hydrogen (secondary N) is 1. The van der Waals surface area contributed by atoms with E-state index in [1.165, 1.54) is 18.9 Å². The molecule has 3 fully saturated rings. The van der Waals surface area contributed by atoms with Crippen molar-refractivity contribution in [2.45, 2.75) is 24.5 Å². The van der Waals surface area contributed by atoms with E-state index in [0.29, 0.717) is 28.0 Å². The van der Waals surface area contributed by atoms with Gasteiger partial charge in [-0.1, -0.05) is 30.3 Å². The minimum Gasteiger partial charge on any atom is -1.00 e. The Morgan fingerprint density at radius 2 is 1.91 bits per heavy atom. The fourth-order valence-corrected chi connectivity index (χ4v) is 5.20. The van der Waals surface area contributed by atoms with Crippen molar-refractivity contribution in [2.24, 2.45) is 5.92 Å². The number of nitrogens with zero attached hydrogens (tertiary/aromatic N) is 3. The Balaban J connectivity index is 0.00000289. The van der Waals surface area contributed by atoms with Gasteiger partial charge in [0.15, 0.2) is 12.6 Å². The van der Waals surface area contributed by atoms with E-state index in [1.54, 1.807) is 42.6 Å². The lowest BCUT2D eigenvalue weighted by atomic mass is 9.82. The number of halogens is 1. The SMILES string of the molecule is O=C(C[N+]12CCC(CC1)C(OC(=O)[C@@](O)(c1ccccc1)c1ccoc1)C2)Nc1ccncn1.[Br-]. The van der Waals surface area contributed by atoms with Gasteiger partial charge in [0.2, 0.25) is 5.60 Å². The van der Waals surface area contributed by atoms with Gasteiger partial charge < -0.3 is 41.0 Å². The number of furan rings is 1. The van der Waals surface area contributed by atoms with E-state index >= 15 is 0 Å². The number of quaternary nitrogens is 1. The number of hydrogen-bond donors (Lipinski definition) is 2. The van der Waals surface area contributed by atoms with E-state index in [1.807, 2.05) is 6.07 Å². The summed E-state index contributed by atoms with van der Waals surface area (Å²) in [6.07, 6.45) is 7.06. The van der Waals surface area contributed by atoms with Gasteiger partial charge in [0, 0.05) is 30.5 Å². The lowest BCUT2D eigenvalue weighted by Gasteiger charge is -2.51. The molecular formula is C25H27BrN4O5. The lowest BCUT2D eigenvalue weighted by Crippen LogP contribution is -3.00. The first-order chi connectivity index (χ1) is 16.5. The van der Waals surface area contributed by atoms with Gasteiger partial charge in [-0.2, -0.15) is 0 Å². The van der Waals surface area contributed by atoms with Crippen LogP contribution in [0.25, 0.3) is 0 Å². The highest BCUT2D eigenvalue weighted by Gasteiger charge is 2.51. The molecule has 6 rings (SSSR count). The maximum atomic E-state index is 13.5. The molecular weight excluding hydrogens is 516 g/mol. The predicted octanol–water partition coefficient (Wildman–Crippen LogP) is -0.900. The third-order valence-corrected chi connectivity index (χ3v) is 7.05. The molecule has 9 nitrogen and oxygen atoms in total. The topological polar surface area (TPSA) is 115 Å². The molecule has 35 heavy (non-hydrogen) atoms. The first kappa shape index (κ1) is 25.0. The van der Waals surface area contributed by atoms with Crippen molar-refractivity contribution < 1.29 is 45.3 Å². The number of carbonyl (C=O) groups excluding carboxylic acids is 2. The van der Waals surface area contributed by atoms with E-state index < -0.39 is 11.6 Å². The zero-order valence-corrected chi connectivity index (χ0v) is 20.6. The molecule has 2 bridgehead atoms. The van der Waals surface area contributed by atoms with E-state index in [0.717, 1.165) is 25.9 Å². The summed E-state index contributed by atoms with van der Waals surface area (Å²) in [6, 6.07) is 11.9. The fraction of sp³-hybridized carbons (Fsp3) is 0.360. The second-order valence-electron chi connectivity index (χ2n) is 9.14. The summed E-state index contributed by atoms with van der Waals surface area (Å²) in [5, 5.41) is 14.4. The number of piperidine rings is 3. The maximum Gasteiger partial charge on any atom is 0.348 e. The molecule has 0 aliphatic carbocycles. The van der Waals surface area contributed by atoms with Gasteiger partial charge in [-0.25, -0.2) is 14.8 Å². The Kier molecular flexibility index (Phi) is 7.34. The highest BCUT2D eigenvalue weighted by molar-refractivity contribution is 5.90. The number of aromatic nitrogens is 2. The van der Waals surface area contributed by atoms with E-state index in [9.17, 15) is 14.7 Å². The number of esters is 1. The molecule has 0 spiro atoms. The Bertz CT molecular complexity index is 1140. The molecule has 10 heteroatoms. The monoisotopic (exact) mass is 542 g/mol. The quantitative estimate of drug-likeness (QED) is 0.293. The molecule has 2 atom stereocenters. The summed E-state index contributed by atoms with van der Waals surface area (Å²) in [5.74, 6) is -0.204. The zero-order valence-electron chi connectivity index (χ0n) is 19.0. The van der Waals surface area contributed by atoms with Crippen LogP contribution < -0.4 is 22.3 Å². The number of fused-ring (bicyclic) bond motifs is 3. The minimum absolute atomic E-state index is 0. The van der Waals surface area contributed by atoms with Gasteiger partial charge in [-0.15, -0.1) is 0 Å². The standard InChI is InChI=1S/C25H26N4O5.BrH/c30-23(28-22-6-10-26-17-27-22)15-29-11-7-18(8-12-29)21(14-29)34-24(31)25(32,20-9-13-33-16-20)19-4-2-1-3-5-19;/h1-6,9-10,13,16-18,21,32H,7-8,11-12,14-15H2;1H/t18?,21?,25-,29?;/m1./s1. The Labute approximate surface area is 213 Å². The molecule has 1 unspecified atom stereocenters. The van der Waals surface area contributed by atoms with E-state index in [4.69, 9.17) is 9.15 Å². The Morgan fingerprint density at radius 3 is 2.57 bits per heavy atom. The third kappa shape index (κ3) is 5.00. The first-order valence-corrected chi connectivity index (χ1v) is 11.4. The van der Waals surface area contributed by atoms with Crippen molar-refractivity contribution in [1.82, 2.24) is 9.97 Å². The molecule has 3 aromatic rings. The molecule has 1 amide bonds. The number of carbonyl (C=O) groups is 2. The molecule has 3 saturated heterocycles. The number of anilines is 1. The summed E-state index contributed by atoms with van der Waals surface area (Å²) in [4.78, 5) is 34.1. The zero-order chi connectivity index (χ0) is 23.6. The van der Waals surface area contributed by atoms with Crippen LogP contribution in [0.15, 0.2) is 71.9 Å². The lowest BCUT2D eigenvalue weighted by molar-refractivity contribution is -0.939. The molecule has 0 radical (unpaired) electrons. The van der Waals surface area contributed by atoms with Crippen molar-refractivity contribution in [3.05, 3.63) is 78.6 Å².